The monoisotopic (exact) mass is 475 g/mol. The van der Waals surface area contributed by atoms with Crippen LogP contribution < -0.4 is 56.5 Å². The number of hydrogen-bond acceptors (Lipinski definition) is 4. The molecule has 0 radical (unpaired) electrons. The van der Waals surface area contributed by atoms with Gasteiger partial charge in [0.1, 0.15) is 0 Å². The van der Waals surface area contributed by atoms with Gasteiger partial charge in [-0.05, 0) is 23.5 Å². The van der Waals surface area contributed by atoms with Gasteiger partial charge in [-0.15, -0.1) is 5.60 Å². The SMILES string of the molecule is C=C1CCC2(C[C@H]1CN(Cc1ccccc1)Cc1ccccc1)OCCO2.CC(C)(C)[O-].[K+]. The quantitative estimate of drug-likeness (QED) is 0.473. The van der Waals surface area contributed by atoms with Crippen molar-refractivity contribution in [3.8, 4) is 0 Å². The summed E-state index contributed by atoms with van der Waals surface area (Å²) in [4.78, 5) is 2.54. The molecule has 0 N–H and O–H groups in total. The fraction of sp³-hybridized carbons (Fsp3) is 0.500. The largest absolute Gasteiger partial charge is 1.00 e. The summed E-state index contributed by atoms with van der Waals surface area (Å²) < 4.78 is 12.0. The Kier molecular flexibility index (Phi) is 12.0. The van der Waals surface area contributed by atoms with Crippen LogP contribution in [0.25, 0.3) is 0 Å². The molecule has 4 rings (SSSR count). The van der Waals surface area contributed by atoms with Crippen LogP contribution in [0, 0.1) is 5.92 Å². The minimum absolute atomic E-state index is 0. The van der Waals surface area contributed by atoms with E-state index in [0.29, 0.717) is 5.92 Å². The summed E-state index contributed by atoms with van der Waals surface area (Å²) in [6.45, 7) is 13.6. The zero-order valence-corrected chi connectivity index (χ0v) is 24.0. The molecule has 0 bridgehead atoms. The van der Waals surface area contributed by atoms with Crippen molar-refractivity contribution in [1.29, 1.82) is 0 Å². The van der Waals surface area contributed by atoms with E-state index >= 15 is 0 Å². The summed E-state index contributed by atoms with van der Waals surface area (Å²) in [5, 5.41) is 10.1. The Bertz CT molecular complexity index is 782. The smallest absolute Gasteiger partial charge is 0.850 e. The molecule has 1 saturated heterocycles. The van der Waals surface area contributed by atoms with Crippen LogP contribution in [-0.2, 0) is 22.6 Å². The van der Waals surface area contributed by atoms with E-state index in [2.05, 4.69) is 72.1 Å². The van der Waals surface area contributed by atoms with Gasteiger partial charge in [0.2, 0.25) is 0 Å². The summed E-state index contributed by atoms with van der Waals surface area (Å²) in [5.41, 5.74) is 3.28. The Morgan fingerprint density at radius 1 is 0.939 bits per heavy atom. The van der Waals surface area contributed by atoms with Crippen molar-refractivity contribution in [1.82, 2.24) is 4.90 Å². The van der Waals surface area contributed by atoms with Gasteiger partial charge in [-0.25, -0.2) is 0 Å². The number of nitrogens with zero attached hydrogens (tertiary/aromatic N) is 1. The Hall–Kier alpha value is -0.344. The molecule has 2 aromatic carbocycles. The number of hydrogen-bond donors (Lipinski definition) is 0. The Labute approximate surface area is 242 Å². The van der Waals surface area contributed by atoms with Crippen molar-refractivity contribution < 1.29 is 66.0 Å². The van der Waals surface area contributed by atoms with Gasteiger partial charge in [-0.1, -0.05) is 93.6 Å². The van der Waals surface area contributed by atoms with Gasteiger partial charge < -0.3 is 14.6 Å². The van der Waals surface area contributed by atoms with E-state index in [0.717, 1.165) is 52.1 Å². The molecule has 0 unspecified atom stereocenters. The Morgan fingerprint density at radius 2 is 1.39 bits per heavy atom. The summed E-state index contributed by atoms with van der Waals surface area (Å²) >= 11 is 0. The standard InChI is InChI=1S/C24H29NO2.C4H9O.K/c1-20-12-13-24(26-14-15-27-24)16-23(20)19-25(17-21-8-4-2-5-9-21)18-22-10-6-3-7-11-22;1-4(2,3)5;/h2-11,23H,1,12-19H2;1-3H3;/q;-1;+1/t23-;;/m0../s1. The molecular formula is C28H38KNO3. The average molecular weight is 476 g/mol. The normalized spacial score (nSPS) is 19.7. The molecule has 5 heteroatoms. The predicted octanol–water partition coefficient (Wildman–Crippen LogP) is 1.94. The van der Waals surface area contributed by atoms with Crippen molar-refractivity contribution in [3.63, 3.8) is 0 Å². The van der Waals surface area contributed by atoms with Gasteiger partial charge in [0.15, 0.2) is 5.79 Å². The van der Waals surface area contributed by atoms with Gasteiger partial charge in [0, 0.05) is 32.5 Å². The molecule has 0 amide bonds. The van der Waals surface area contributed by atoms with Crippen molar-refractivity contribution >= 4 is 0 Å². The maximum Gasteiger partial charge on any atom is 1.00 e. The first-order chi connectivity index (χ1) is 15.2. The summed E-state index contributed by atoms with van der Waals surface area (Å²) in [5.74, 6) is 0.0427. The van der Waals surface area contributed by atoms with Crippen molar-refractivity contribution in [3.05, 3.63) is 83.9 Å². The van der Waals surface area contributed by atoms with E-state index in [1.54, 1.807) is 20.8 Å². The van der Waals surface area contributed by atoms with E-state index in [1.807, 2.05) is 0 Å². The first-order valence-corrected chi connectivity index (χ1v) is 11.7. The zero-order valence-electron chi connectivity index (χ0n) is 20.9. The van der Waals surface area contributed by atoms with Gasteiger partial charge in [-0.2, -0.15) is 0 Å². The number of benzene rings is 2. The molecule has 0 aromatic heterocycles. The van der Waals surface area contributed by atoms with Crippen LogP contribution in [0.15, 0.2) is 72.8 Å². The molecule has 2 aromatic rings. The fourth-order valence-corrected chi connectivity index (χ4v) is 4.31. The van der Waals surface area contributed by atoms with Crippen molar-refractivity contribution in [2.24, 2.45) is 5.92 Å². The van der Waals surface area contributed by atoms with Crippen LogP contribution in [0.4, 0.5) is 0 Å². The van der Waals surface area contributed by atoms with Crippen LogP contribution in [-0.4, -0.2) is 36.0 Å². The molecule has 1 spiro atoms. The second-order valence-corrected chi connectivity index (χ2v) is 9.92. The van der Waals surface area contributed by atoms with Crippen LogP contribution in [0.1, 0.15) is 51.2 Å². The van der Waals surface area contributed by atoms with Crippen molar-refractivity contribution in [2.75, 3.05) is 19.8 Å². The maximum atomic E-state index is 10.1. The van der Waals surface area contributed by atoms with E-state index < -0.39 is 5.60 Å². The van der Waals surface area contributed by atoms with E-state index in [4.69, 9.17) is 9.47 Å². The minimum Gasteiger partial charge on any atom is -0.850 e. The molecule has 174 valence electrons. The van der Waals surface area contributed by atoms with Gasteiger partial charge in [0.25, 0.3) is 0 Å². The summed E-state index contributed by atoms with van der Waals surface area (Å²) in [7, 11) is 0. The third-order valence-electron chi connectivity index (χ3n) is 5.75. The molecule has 1 aliphatic carbocycles. The first-order valence-electron chi connectivity index (χ1n) is 11.7. The molecule has 2 aliphatic rings. The van der Waals surface area contributed by atoms with Crippen LogP contribution in [0.2, 0.25) is 0 Å². The van der Waals surface area contributed by atoms with E-state index in [-0.39, 0.29) is 57.2 Å². The fourth-order valence-electron chi connectivity index (χ4n) is 4.31. The maximum absolute atomic E-state index is 10.1. The first kappa shape index (κ1) is 28.9. The number of ether oxygens (including phenoxy) is 2. The predicted molar refractivity (Wildman–Crippen MR) is 128 cm³/mol. The topological polar surface area (TPSA) is 44.8 Å². The molecule has 1 heterocycles. The number of rotatable bonds is 6. The molecule has 1 atom stereocenters. The van der Waals surface area contributed by atoms with Gasteiger partial charge in [0.05, 0.1) is 13.2 Å². The third kappa shape index (κ3) is 10.4. The zero-order chi connectivity index (χ0) is 23.0. The van der Waals surface area contributed by atoms with Crippen molar-refractivity contribution in [2.45, 2.75) is 64.5 Å². The second kappa shape index (κ2) is 13.7. The van der Waals surface area contributed by atoms with Gasteiger partial charge >= 0.3 is 51.4 Å². The minimum atomic E-state index is -0.750. The molecule has 4 nitrogen and oxygen atoms in total. The molecular weight excluding hydrogens is 437 g/mol. The molecule has 1 saturated carbocycles. The van der Waals surface area contributed by atoms with Gasteiger partial charge in [-0.3, -0.25) is 4.90 Å². The van der Waals surface area contributed by atoms with E-state index in [1.165, 1.54) is 16.7 Å². The van der Waals surface area contributed by atoms with E-state index in [9.17, 15) is 5.11 Å². The van der Waals surface area contributed by atoms with Crippen LogP contribution in [0.5, 0.6) is 0 Å². The Morgan fingerprint density at radius 3 is 1.85 bits per heavy atom. The molecule has 1 aliphatic heterocycles. The third-order valence-corrected chi connectivity index (χ3v) is 5.75. The Balaban J connectivity index is 0.000000583. The molecule has 33 heavy (non-hydrogen) atoms. The summed E-state index contributed by atoms with van der Waals surface area (Å²) in [6.07, 6.45) is 2.86. The second-order valence-electron chi connectivity index (χ2n) is 9.92. The average Bonchev–Trinajstić information content (AvgIpc) is 3.19. The van der Waals surface area contributed by atoms with Crippen LogP contribution in [0.3, 0.4) is 0 Å². The summed E-state index contributed by atoms with van der Waals surface area (Å²) in [6, 6.07) is 21.4. The molecule has 2 fully saturated rings. The van der Waals surface area contributed by atoms with Crippen LogP contribution >= 0.6 is 0 Å².